The zero-order valence-electron chi connectivity index (χ0n) is 10.9. The molecule has 1 aliphatic carbocycles. The molecular weight excluding hydrogens is 230 g/mol. The summed E-state index contributed by atoms with van der Waals surface area (Å²) in [5.41, 5.74) is 1.00. The van der Waals surface area contributed by atoms with Gasteiger partial charge in [-0.1, -0.05) is 12.1 Å². The molecule has 0 heterocycles. The molecule has 1 fully saturated rings. The van der Waals surface area contributed by atoms with E-state index in [4.69, 9.17) is 9.47 Å². The number of hydrogen-bond acceptors (Lipinski definition) is 3. The molecule has 1 amide bonds. The van der Waals surface area contributed by atoms with Gasteiger partial charge in [0.05, 0.1) is 14.2 Å². The number of benzene rings is 1. The van der Waals surface area contributed by atoms with Gasteiger partial charge < -0.3 is 14.8 Å². The van der Waals surface area contributed by atoms with E-state index >= 15 is 0 Å². The maximum absolute atomic E-state index is 11.6. The van der Waals surface area contributed by atoms with E-state index in [1.165, 1.54) is 0 Å². The Labute approximate surface area is 107 Å². The zero-order chi connectivity index (χ0) is 13.0. The highest BCUT2D eigenvalue weighted by Gasteiger charge is 2.23. The number of para-hydroxylation sites is 1. The summed E-state index contributed by atoms with van der Waals surface area (Å²) in [5.74, 6) is 1.54. The molecule has 4 heteroatoms. The van der Waals surface area contributed by atoms with E-state index in [2.05, 4.69) is 5.32 Å². The second-order valence-corrected chi connectivity index (χ2v) is 4.49. The monoisotopic (exact) mass is 249 g/mol. The molecule has 2 rings (SSSR count). The number of hydrogen-bond donors (Lipinski definition) is 1. The van der Waals surface area contributed by atoms with Crippen LogP contribution in [-0.2, 0) is 11.2 Å². The van der Waals surface area contributed by atoms with Gasteiger partial charge in [-0.3, -0.25) is 4.79 Å². The van der Waals surface area contributed by atoms with Crippen molar-refractivity contribution in [2.24, 2.45) is 0 Å². The lowest BCUT2D eigenvalue weighted by Crippen LogP contribution is -2.25. The molecule has 0 aromatic heterocycles. The Morgan fingerprint density at radius 1 is 1.33 bits per heavy atom. The summed E-state index contributed by atoms with van der Waals surface area (Å²) < 4.78 is 10.6. The van der Waals surface area contributed by atoms with Crippen molar-refractivity contribution in [3.05, 3.63) is 23.8 Å². The molecule has 18 heavy (non-hydrogen) atoms. The summed E-state index contributed by atoms with van der Waals surface area (Å²) >= 11 is 0. The first-order valence-corrected chi connectivity index (χ1v) is 6.24. The number of aryl methyl sites for hydroxylation is 1. The highest BCUT2D eigenvalue weighted by molar-refractivity contribution is 5.77. The quantitative estimate of drug-likeness (QED) is 0.837. The van der Waals surface area contributed by atoms with E-state index in [0.29, 0.717) is 24.6 Å². The van der Waals surface area contributed by atoms with Crippen molar-refractivity contribution in [2.75, 3.05) is 14.2 Å². The Bertz CT molecular complexity index is 427. The Kier molecular flexibility index (Phi) is 4.07. The standard InChI is InChI=1S/C14H19NO3/c1-17-12-5-3-4-10(14(12)18-2)6-9-13(16)15-11-7-8-11/h3-5,11H,6-9H2,1-2H3,(H,15,16). The van der Waals surface area contributed by atoms with Gasteiger partial charge in [0.2, 0.25) is 5.91 Å². The normalized spacial score (nSPS) is 14.1. The van der Waals surface area contributed by atoms with Gasteiger partial charge in [-0.25, -0.2) is 0 Å². The van der Waals surface area contributed by atoms with Crippen molar-refractivity contribution in [1.82, 2.24) is 5.32 Å². The molecule has 1 aromatic carbocycles. The number of carbonyl (C=O) groups excluding carboxylic acids is 1. The number of amides is 1. The van der Waals surface area contributed by atoms with Crippen molar-refractivity contribution < 1.29 is 14.3 Å². The van der Waals surface area contributed by atoms with Gasteiger partial charge in [0.1, 0.15) is 0 Å². The summed E-state index contributed by atoms with van der Waals surface area (Å²) in [6.45, 7) is 0. The highest BCUT2D eigenvalue weighted by atomic mass is 16.5. The minimum atomic E-state index is 0.113. The molecule has 1 aliphatic rings. The van der Waals surface area contributed by atoms with Crippen molar-refractivity contribution in [3.63, 3.8) is 0 Å². The topological polar surface area (TPSA) is 47.6 Å². The van der Waals surface area contributed by atoms with Crippen LogP contribution in [0.15, 0.2) is 18.2 Å². The van der Waals surface area contributed by atoms with E-state index in [0.717, 1.165) is 24.2 Å². The van der Waals surface area contributed by atoms with E-state index < -0.39 is 0 Å². The predicted octanol–water partition coefficient (Wildman–Crippen LogP) is 1.91. The second kappa shape index (κ2) is 5.76. The third-order valence-electron chi connectivity index (χ3n) is 3.05. The van der Waals surface area contributed by atoms with Crippen molar-refractivity contribution >= 4 is 5.91 Å². The highest BCUT2D eigenvalue weighted by Crippen LogP contribution is 2.31. The van der Waals surface area contributed by atoms with Crippen LogP contribution in [0.1, 0.15) is 24.8 Å². The fourth-order valence-electron chi connectivity index (χ4n) is 1.93. The van der Waals surface area contributed by atoms with Crippen molar-refractivity contribution in [3.8, 4) is 11.5 Å². The van der Waals surface area contributed by atoms with Gasteiger partial charge in [-0.05, 0) is 30.9 Å². The minimum Gasteiger partial charge on any atom is -0.493 e. The van der Waals surface area contributed by atoms with Crippen LogP contribution in [-0.4, -0.2) is 26.2 Å². The summed E-state index contributed by atoms with van der Waals surface area (Å²) in [6.07, 6.45) is 3.39. The lowest BCUT2D eigenvalue weighted by Gasteiger charge is -2.12. The van der Waals surface area contributed by atoms with E-state index in [9.17, 15) is 4.79 Å². The molecule has 0 unspecified atom stereocenters. The first-order chi connectivity index (χ1) is 8.74. The van der Waals surface area contributed by atoms with E-state index in [1.807, 2.05) is 18.2 Å². The second-order valence-electron chi connectivity index (χ2n) is 4.49. The molecule has 4 nitrogen and oxygen atoms in total. The number of ether oxygens (including phenoxy) is 2. The van der Waals surface area contributed by atoms with Crippen LogP contribution in [0.4, 0.5) is 0 Å². The Morgan fingerprint density at radius 2 is 2.11 bits per heavy atom. The average Bonchev–Trinajstić information content (AvgIpc) is 3.19. The molecule has 0 spiro atoms. The lowest BCUT2D eigenvalue weighted by atomic mass is 10.1. The number of carbonyl (C=O) groups is 1. The largest absolute Gasteiger partial charge is 0.493 e. The van der Waals surface area contributed by atoms with Crippen LogP contribution in [0, 0.1) is 0 Å². The molecule has 1 aromatic rings. The van der Waals surface area contributed by atoms with Crippen LogP contribution < -0.4 is 14.8 Å². The van der Waals surface area contributed by atoms with E-state index in [-0.39, 0.29) is 5.91 Å². The molecule has 98 valence electrons. The first-order valence-electron chi connectivity index (χ1n) is 6.24. The van der Waals surface area contributed by atoms with E-state index in [1.54, 1.807) is 14.2 Å². The Balaban J connectivity index is 1.96. The van der Waals surface area contributed by atoms with Gasteiger partial charge in [0.25, 0.3) is 0 Å². The Morgan fingerprint density at radius 3 is 2.72 bits per heavy atom. The SMILES string of the molecule is COc1cccc(CCC(=O)NC2CC2)c1OC. The maximum atomic E-state index is 11.6. The first kappa shape index (κ1) is 12.7. The third-order valence-corrected chi connectivity index (χ3v) is 3.05. The van der Waals surface area contributed by atoms with Gasteiger partial charge in [-0.15, -0.1) is 0 Å². The number of methoxy groups -OCH3 is 2. The molecule has 0 bridgehead atoms. The zero-order valence-corrected chi connectivity index (χ0v) is 10.9. The molecule has 1 saturated carbocycles. The van der Waals surface area contributed by atoms with Crippen LogP contribution >= 0.6 is 0 Å². The van der Waals surface area contributed by atoms with Crippen LogP contribution in [0.5, 0.6) is 11.5 Å². The molecule has 0 saturated heterocycles. The summed E-state index contributed by atoms with van der Waals surface area (Å²) in [5, 5.41) is 2.98. The van der Waals surface area contributed by atoms with Crippen molar-refractivity contribution in [1.29, 1.82) is 0 Å². The van der Waals surface area contributed by atoms with Crippen LogP contribution in [0.3, 0.4) is 0 Å². The Hall–Kier alpha value is -1.71. The van der Waals surface area contributed by atoms with Gasteiger partial charge in [0.15, 0.2) is 11.5 Å². The fraction of sp³-hybridized carbons (Fsp3) is 0.500. The molecule has 0 radical (unpaired) electrons. The molecule has 0 aliphatic heterocycles. The summed E-state index contributed by atoms with van der Waals surface area (Å²) in [7, 11) is 3.23. The smallest absolute Gasteiger partial charge is 0.220 e. The minimum absolute atomic E-state index is 0.113. The summed E-state index contributed by atoms with van der Waals surface area (Å²) in [4.78, 5) is 11.6. The van der Waals surface area contributed by atoms with Crippen LogP contribution in [0.25, 0.3) is 0 Å². The number of rotatable bonds is 6. The van der Waals surface area contributed by atoms with Crippen LogP contribution in [0.2, 0.25) is 0 Å². The van der Waals surface area contributed by atoms with Crippen molar-refractivity contribution in [2.45, 2.75) is 31.7 Å². The molecule has 1 N–H and O–H groups in total. The lowest BCUT2D eigenvalue weighted by molar-refractivity contribution is -0.121. The summed E-state index contributed by atoms with van der Waals surface area (Å²) in [6, 6.07) is 6.15. The molecule has 0 atom stereocenters. The number of nitrogens with one attached hydrogen (secondary N) is 1. The van der Waals surface area contributed by atoms with Gasteiger partial charge >= 0.3 is 0 Å². The predicted molar refractivity (Wildman–Crippen MR) is 69.0 cm³/mol. The third kappa shape index (κ3) is 3.15. The van der Waals surface area contributed by atoms with Gasteiger partial charge in [-0.2, -0.15) is 0 Å². The average molecular weight is 249 g/mol. The van der Waals surface area contributed by atoms with Gasteiger partial charge in [0, 0.05) is 12.5 Å². The molecular formula is C14H19NO3. The maximum Gasteiger partial charge on any atom is 0.220 e. The fourth-order valence-corrected chi connectivity index (χ4v) is 1.93.